The van der Waals surface area contributed by atoms with Crippen molar-refractivity contribution in [3.63, 3.8) is 0 Å². The lowest BCUT2D eigenvalue weighted by atomic mass is 10.1. The van der Waals surface area contributed by atoms with Gasteiger partial charge in [-0.15, -0.1) is 0 Å². The van der Waals surface area contributed by atoms with Crippen LogP contribution in [0.15, 0.2) is 29.3 Å². The van der Waals surface area contributed by atoms with Gasteiger partial charge >= 0.3 is 6.18 Å². The number of hydrogen-bond acceptors (Lipinski definition) is 4. The Kier molecular flexibility index (Phi) is 6.01. The Balaban J connectivity index is 1.81. The molecule has 1 aliphatic rings. The first-order valence-corrected chi connectivity index (χ1v) is 10.0. The van der Waals surface area contributed by atoms with Crippen molar-refractivity contribution in [2.75, 3.05) is 16.8 Å². The third kappa shape index (κ3) is 5.40. The number of aromatic amines is 1. The summed E-state index contributed by atoms with van der Waals surface area (Å²) in [5, 5.41) is 10.3. The molecule has 1 aliphatic heterocycles. The Bertz CT molecular complexity index is 973. The Morgan fingerprint density at radius 3 is 2.69 bits per heavy atom. The van der Waals surface area contributed by atoms with Crippen LogP contribution in [-0.2, 0) is 17.0 Å². The smallest absolute Gasteiger partial charge is 0.309 e. The molecule has 0 saturated carbocycles. The molecule has 0 bridgehead atoms. The number of halogens is 4. The number of nitrogens with one attached hydrogen (secondary N) is 3. The fourth-order valence-electron chi connectivity index (χ4n) is 2.60. The number of anilines is 1. The van der Waals surface area contributed by atoms with E-state index in [-0.39, 0.29) is 29.1 Å². The number of aromatic nitrogens is 2. The van der Waals surface area contributed by atoms with Crippen molar-refractivity contribution in [3.05, 3.63) is 46.9 Å². The molecule has 156 valence electrons. The van der Waals surface area contributed by atoms with Crippen LogP contribution in [0.1, 0.15) is 28.0 Å². The first-order valence-electron chi connectivity index (χ1n) is 8.51. The van der Waals surface area contributed by atoms with E-state index in [1.807, 2.05) is 5.10 Å². The third-order valence-corrected chi connectivity index (χ3v) is 5.61. The van der Waals surface area contributed by atoms with Crippen LogP contribution in [-0.4, -0.2) is 43.8 Å². The van der Waals surface area contributed by atoms with Gasteiger partial charge in [-0.3, -0.25) is 19.4 Å². The standard InChI is InChI=1S/C17H17F4N5O2S/c1-9-2-3-10(6-12(9)18)15(27)24-16(22-11-4-5-29(28)8-11)23-14-7-13(25-26-14)17(19,20)21/h2-3,6-7,11H,4-5,8H2,1H3,(H3,22,23,24,25,26,27). The van der Waals surface area contributed by atoms with Crippen molar-refractivity contribution in [2.45, 2.75) is 25.6 Å². The van der Waals surface area contributed by atoms with E-state index in [1.54, 1.807) is 6.92 Å². The summed E-state index contributed by atoms with van der Waals surface area (Å²) in [6.45, 7) is 1.54. The van der Waals surface area contributed by atoms with Crippen LogP contribution in [0.25, 0.3) is 0 Å². The van der Waals surface area contributed by atoms with Crippen molar-refractivity contribution in [3.8, 4) is 0 Å². The molecular weight excluding hydrogens is 414 g/mol. The maximum absolute atomic E-state index is 13.7. The molecule has 7 nitrogen and oxygen atoms in total. The first kappa shape index (κ1) is 21.0. The molecule has 12 heteroatoms. The van der Waals surface area contributed by atoms with E-state index in [9.17, 15) is 26.6 Å². The predicted molar refractivity (Wildman–Crippen MR) is 99.5 cm³/mol. The summed E-state index contributed by atoms with van der Waals surface area (Å²) >= 11 is 0. The number of carbonyl (C=O) groups excluding carboxylic acids is 1. The fourth-order valence-corrected chi connectivity index (χ4v) is 3.97. The van der Waals surface area contributed by atoms with Crippen LogP contribution in [0.5, 0.6) is 0 Å². The van der Waals surface area contributed by atoms with Crippen LogP contribution in [0.3, 0.4) is 0 Å². The molecule has 1 aromatic carbocycles. The van der Waals surface area contributed by atoms with Crippen molar-refractivity contribution < 1.29 is 26.6 Å². The highest BCUT2D eigenvalue weighted by Crippen LogP contribution is 2.28. The minimum Gasteiger partial charge on any atom is -0.309 e. The Morgan fingerprint density at radius 1 is 1.34 bits per heavy atom. The second kappa shape index (κ2) is 8.31. The highest BCUT2D eigenvalue weighted by atomic mass is 32.2. The van der Waals surface area contributed by atoms with E-state index in [2.05, 4.69) is 20.7 Å². The summed E-state index contributed by atoms with van der Waals surface area (Å²) in [7, 11) is -1.05. The molecule has 3 N–H and O–H groups in total. The van der Waals surface area contributed by atoms with Crippen molar-refractivity contribution >= 4 is 28.5 Å². The van der Waals surface area contributed by atoms with Crippen molar-refractivity contribution in [1.29, 1.82) is 0 Å². The molecule has 3 rings (SSSR count). The van der Waals surface area contributed by atoms with Crippen LogP contribution in [0.2, 0.25) is 0 Å². The van der Waals surface area contributed by atoms with Gasteiger partial charge < -0.3 is 5.32 Å². The number of benzene rings is 1. The van der Waals surface area contributed by atoms with Gasteiger partial charge in [0.05, 0.1) is 6.04 Å². The molecule has 1 amide bonds. The Hall–Kier alpha value is -2.76. The molecule has 29 heavy (non-hydrogen) atoms. The minimum atomic E-state index is -4.62. The fraction of sp³-hybridized carbons (Fsp3) is 0.353. The molecule has 1 aromatic heterocycles. The number of amides is 1. The van der Waals surface area contributed by atoms with Gasteiger partial charge in [-0.25, -0.2) is 9.38 Å². The average molecular weight is 431 g/mol. The van der Waals surface area contributed by atoms with Gasteiger partial charge in [0.25, 0.3) is 5.91 Å². The number of guanidine groups is 1. The van der Waals surface area contributed by atoms with Crippen molar-refractivity contribution in [2.24, 2.45) is 4.99 Å². The van der Waals surface area contributed by atoms with Crippen LogP contribution >= 0.6 is 0 Å². The zero-order chi connectivity index (χ0) is 21.2. The van der Waals surface area contributed by atoms with Gasteiger partial charge in [0.2, 0.25) is 5.96 Å². The summed E-state index contributed by atoms with van der Waals surface area (Å²) < 4.78 is 63.5. The molecule has 0 spiro atoms. The SMILES string of the molecule is Cc1ccc(C(=O)NC(=NC2CCS(=O)C2)Nc2cc(C(F)(F)F)[nH]n2)cc1F. The number of rotatable bonds is 3. The Morgan fingerprint density at radius 2 is 2.10 bits per heavy atom. The second-order valence-electron chi connectivity index (χ2n) is 6.44. The van der Waals surface area contributed by atoms with E-state index in [0.717, 1.165) is 12.1 Å². The number of aliphatic imine (C=N–C) groups is 1. The number of H-pyrrole nitrogens is 1. The molecule has 2 aromatic rings. The molecule has 1 fully saturated rings. The van der Waals surface area contributed by atoms with Crippen LogP contribution in [0, 0.1) is 12.7 Å². The highest BCUT2D eigenvalue weighted by Gasteiger charge is 2.33. The van der Waals surface area contributed by atoms with E-state index in [1.165, 1.54) is 12.1 Å². The van der Waals surface area contributed by atoms with Crippen molar-refractivity contribution in [1.82, 2.24) is 15.5 Å². The summed E-state index contributed by atoms with van der Waals surface area (Å²) in [4.78, 5) is 16.7. The number of aryl methyl sites for hydroxylation is 1. The first-order chi connectivity index (χ1) is 13.6. The number of hydrogen-bond donors (Lipinski definition) is 3. The van der Waals surface area contributed by atoms with E-state index >= 15 is 0 Å². The monoisotopic (exact) mass is 431 g/mol. The zero-order valence-electron chi connectivity index (χ0n) is 15.1. The summed E-state index contributed by atoms with van der Waals surface area (Å²) in [6, 6.07) is 4.22. The zero-order valence-corrected chi connectivity index (χ0v) is 16.0. The third-order valence-electron chi connectivity index (χ3n) is 4.16. The second-order valence-corrected chi connectivity index (χ2v) is 8.06. The normalized spacial score (nSPS) is 20.0. The van der Waals surface area contributed by atoms with Crippen LogP contribution < -0.4 is 10.6 Å². The van der Waals surface area contributed by atoms with Gasteiger partial charge in [0, 0.05) is 33.9 Å². The lowest BCUT2D eigenvalue weighted by Gasteiger charge is -2.12. The Labute approximate surface area is 165 Å². The van der Waals surface area contributed by atoms with Crippen LogP contribution in [0.4, 0.5) is 23.4 Å². The molecule has 0 radical (unpaired) electrons. The van der Waals surface area contributed by atoms with Gasteiger partial charge in [-0.1, -0.05) is 6.07 Å². The molecule has 1 saturated heterocycles. The van der Waals surface area contributed by atoms with Gasteiger partial charge in [-0.05, 0) is 31.0 Å². The van der Waals surface area contributed by atoms with E-state index in [0.29, 0.717) is 17.7 Å². The largest absolute Gasteiger partial charge is 0.432 e. The highest BCUT2D eigenvalue weighted by molar-refractivity contribution is 7.85. The van der Waals surface area contributed by atoms with E-state index < -0.39 is 34.4 Å². The number of carbonyl (C=O) groups is 1. The lowest BCUT2D eigenvalue weighted by molar-refractivity contribution is -0.141. The molecule has 2 atom stereocenters. The quantitative estimate of drug-likeness (QED) is 0.395. The predicted octanol–water partition coefficient (Wildman–Crippen LogP) is 2.59. The molecule has 0 aliphatic carbocycles. The maximum atomic E-state index is 13.7. The summed E-state index contributed by atoms with van der Waals surface area (Å²) in [5.74, 6) is -0.947. The average Bonchev–Trinajstić information content (AvgIpc) is 3.26. The summed E-state index contributed by atoms with van der Waals surface area (Å²) in [5.41, 5.74) is -0.706. The molecule has 2 unspecified atom stereocenters. The van der Waals surface area contributed by atoms with E-state index in [4.69, 9.17) is 0 Å². The van der Waals surface area contributed by atoms with Gasteiger partial charge in [0.1, 0.15) is 11.5 Å². The molecular formula is C17H17F4N5O2S. The number of alkyl halides is 3. The summed E-state index contributed by atoms with van der Waals surface area (Å²) in [6.07, 6.45) is -4.11. The minimum absolute atomic E-state index is 0.00982. The molecule has 2 heterocycles. The maximum Gasteiger partial charge on any atom is 0.432 e. The lowest BCUT2D eigenvalue weighted by Crippen LogP contribution is -2.37. The number of nitrogens with zero attached hydrogens (tertiary/aromatic N) is 2. The van der Waals surface area contributed by atoms with Gasteiger partial charge in [-0.2, -0.15) is 18.3 Å². The topological polar surface area (TPSA) is 99.2 Å². The van der Waals surface area contributed by atoms with Gasteiger partial charge in [0.15, 0.2) is 5.82 Å².